The molecule has 29 heavy (non-hydrogen) atoms. The molecule has 0 unspecified atom stereocenters. The van der Waals surface area contributed by atoms with E-state index in [-0.39, 0.29) is 21.6 Å². The summed E-state index contributed by atoms with van der Waals surface area (Å²) < 4.78 is 5.06. The number of anilines is 1. The van der Waals surface area contributed by atoms with Crippen molar-refractivity contribution in [3.05, 3.63) is 70.1 Å². The summed E-state index contributed by atoms with van der Waals surface area (Å²) in [5.41, 5.74) is 1.64. The van der Waals surface area contributed by atoms with Crippen LogP contribution in [-0.4, -0.2) is 34.7 Å². The molecule has 0 aliphatic carbocycles. The van der Waals surface area contributed by atoms with E-state index >= 15 is 0 Å². The molecule has 0 fully saturated rings. The van der Waals surface area contributed by atoms with Crippen LogP contribution in [0.15, 0.2) is 54.6 Å². The van der Waals surface area contributed by atoms with Gasteiger partial charge in [-0.1, -0.05) is 41.9 Å². The van der Waals surface area contributed by atoms with E-state index in [1.54, 1.807) is 36.4 Å². The van der Waals surface area contributed by atoms with Crippen molar-refractivity contribution in [3.8, 4) is 16.2 Å². The number of para-hydroxylation sites is 1. The molecular formula is C20H14ClNO6S. The van der Waals surface area contributed by atoms with Crippen molar-refractivity contribution in [2.75, 3.05) is 11.9 Å². The SMILES string of the molecule is O=C(O)COc1c(C(=O)O)sc(-c2ccc(C(=O)Nc3ccccc3)cc2)c1Cl. The molecule has 0 saturated carbocycles. The van der Waals surface area contributed by atoms with Gasteiger partial charge in [0.2, 0.25) is 0 Å². The van der Waals surface area contributed by atoms with Crippen LogP contribution in [0.5, 0.6) is 5.75 Å². The second-order valence-electron chi connectivity index (χ2n) is 5.79. The van der Waals surface area contributed by atoms with Crippen LogP contribution < -0.4 is 10.1 Å². The Bertz CT molecular complexity index is 1060. The van der Waals surface area contributed by atoms with Gasteiger partial charge in [0.15, 0.2) is 17.2 Å². The number of carbonyl (C=O) groups excluding carboxylic acids is 1. The number of thiophene rings is 1. The molecule has 0 aliphatic heterocycles. The zero-order valence-electron chi connectivity index (χ0n) is 14.7. The Labute approximate surface area is 174 Å². The molecule has 7 nitrogen and oxygen atoms in total. The Balaban J connectivity index is 1.85. The van der Waals surface area contributed by atoms with E-state index in [4.69, 9.17) is 21.4 Å². The molecule has 0 saturated heterocycles. The third kappa shape index (κ3) is 4.74. The lowest BCUT2D eigenvalue weighted by Crippen LogP contribution is -2.11. The Morgan fingerprint density at radius 1 is 1.00 bits per heavy atom. The van der Waals surface area contributed by atoms with E-state index in [1.165, 1.54) is 0 Å². The van der Waals surface area contributed by atoms with Crippen LogP contribution in [0.3, 0.4) is 0 Å². The Hall–Kier alpha value is -3.36. The average molecular weight is 432 g/mol. The van der Waals surface area contributed by atoms with Crippen molar-refractivity contribution >= 4 is 46.5 Å². The maximum Gasteiger partial charge on any atom is 0.349 e. The van der Waals surface area contributed by atoms with Gasteiger partial charge >= 0.3 is 11.9 Å². The van der Waals surface area contributed by atoms with Gasteiger partial charge in [0, 0.05) is 11.3 Å². The third-order valence-electron chi connectivity index (χ3n) is 3.78. The van der Waals surface area contributed by atoms with Crippen molar-refractivity contribution in [2.24, 2.45) is 0 Å². The van der Waals surface area contributed by atoms with E-state index < -0.39 is 18.5 Å². The molecule has 0 radical (unpaired) electrons. The first-order valence-corrected chi connectivity index (χ1v) is 9.43. The topological polar surface area (TPSA) is 113 Å². The highest BCUT2D eigenvalue weighted by Crippen LogP contribution is 2.45. The maximum atomic E-state index is 12.3. The van der Waals surface area contributed by atoms with Crippen molar-refractivity contribution in [1.82, 2.24) is 0 Å². The van der Waals surface area contributed by atoms with E-state index in [0.29, 0.717) is 21.7 Å². The van der Waals surface area contributed by atoms with E-state index in [0.717, 1.165) is 11.3 Å². The minimum Gasteiger partial charge on any atom is -0.479 e. The summed E-state index contributed by atoms with van der Waals surface area (Å²) in [5.74, 6) is -3.01. The molecule has 1 heterocycles. The van der Waals surface area contributed by atoms with Crippen LogP contribution in [0.1, 0.15) is 20.0 Å². The predicted octanol–water partition coefficient (Wildman–Crippen LogP) is 4.48. The molecule has 3 rings (SSSR count). The minimum absolute atomic E-state index is 0.00939. The molecule has 2 aromatic carbocycles. The quantitative estimate of drug-likeness (QED) is 0.508. The molecule has 0 aliphatic rings. The van der Waals surface area contributed by atoms with Gasteiger partial charge in [0.05, 0.1) is 4.88 Å². The predicted molar refractivity (Wildman–Crippen MR) is 109 cm³/mol. The van der Waals surface area contributed by atoms with Crippen LogP contribution in [-0.2, 0) is 4.79 Å². The van der Waals surface area contributed by atoms with E-state index in [9.17, 15) is 19.5 Å². The number of carbonyl (C=O) groups is 3. The molecule has 1 amide bonds. The van der Waals surface area contributed by atoms with Crippen LogP contribution in [0.25, 0.3) is 10.4 Å². The summed E-state index contributed by atoms with van der Waals surface area (Å²) in [7, 11) is 0. The van der Waals surface area contributed by atoms with Gasteiger partial charge in [-0.15, -0.1) is 11.3 Å². The van der Waals surface area contributed by atoms with Crippen LogP contribution in [0, 0.1) is 0 Å². The summed E-state index contributed by atoms with van der Waals surface area (Å²) >= 11 is 7.12. The highest BCUT2D eigenvalue weighted by atomic mass is 35.5. The van der Waals surface area contributed by atoms with Gasteiger partial charge in [-0.05, 0) is 29.8 Å². The molecule has 1 aromatic heterocycles. The van der Waals surface area contributed by atoms with Crippen LogP contribution in [0.2, 0.25) is 5.02 Å². The zero-order chi connectivity index (χ0) is 21.0. The number of aliphatic carboxylic acids is 1. The van der Waals surface area contributed by atoms with Crippen molar-refractivity contribution in [1.29, 1.82) is 0 Å². The summed E-state index contributed by atoms with van der Waals surface area (Å²) in [6.45, 7) is -0.714. The maximum absolute atomic E-state index is 12.3. The smallest absolute Gasteiger partial charge is 0.349 e. The number of carboxylic acids is 2. The van der Waals surface area contributed by atoms with Gasteiger partial charge in [-0.25, -0.2) is 9.59 Å². The van der Waals surface area contributed by atoms with Crippen LogP contribution in [0.4, 0.5) is 5.69 Å². The van der Waals surface area contributed by atoms with Gasteiger partial charge < -0.3 is 20.3 Å². The number of nitrogens with one attached hydrogen (secondary N) is 1. The lowest BCUT2D eigenvalue weighted by molar-refractivity contribution is -0.139. The molecular weight excluding hydrogens is 418 g/mol. The number of benzene rings is 2. The Kier molecular flexibility index (Phi) is 6.16. The van der Waals surface area contributed by atoms with E-state index in [1.807, 2.05) is 18.2 Å². The van der Waals surface area contributed by atoms with Gasteiger partial charge in [0.25, 0.3) is 5.91 Å². The fraction of sp³-hybridized carbons (Fsp3) is 0.0500. The fourth-order valence-corrected chi connectivity index (χ4v) is 3.89. The number of amides is 1. The first-order valence-electron chi connectivity index (χ1n) is 8.24. The number of ether oxygens (including phenoxy) is 1. The number of aromatic carboxylic acids is 1. The molecule has 0 bridgehead atoms. The molecule has 3 N–H and O–H groups in total. The average Bonchev–Trinajstić information content (AvgIpc) is 3.04. The number of carboxylic acid groups (broad SMARTS) is 2. The second-order valence-corrected chi connectivity index (χ2v) is 7.19. The monoisotopic (exact) mass is 431 g/mol. The highest BCUT2D eigenvalue weighted by molar-refractivity contribution is 7.18. The number of halogens is 1. The molecule has 0 atom stereocenters. The van der Waals surface area contributed by atoms with Gasteiger partial charge in [-0.2, -0.15) is 0 Å². The standard InChI is InChI=1S/C20H14ClNO6S/c21-15-16(28-10-14(23)24)18(20(26)27)29-17(15)11-6-8-12(9-7-11)19(25)22-13-4-2-1-3-5-13/h1-9H,10H2,(H,22,25)(H,23,24)(H,26,27). The molecule has 148 valence electrons. The number of rotatable bonds is 7. The summed E-state index contributed by atoms with van der Waals surface area (Å²) in [6, 6.07) is 15.4. The lowest BCUT2D eigenvalue weighted by Gasteiger charge is -2.06. The molecule has 3 aromatic rings. The Morgan fingerprint density at radius 2 is 1.66 bits per heavy atom. The minimum atomic E-state index is -1.28. The summed E-state index contributed by atoms with van der Waals surface area (Å²) in [5, 5.41) is 20.9. The Morgan fingerprint density at radius 3 is 2.24 bits per heavy atom. The summed E-state index contributed by atoms with van der Waals surface area (Å²) in [6.07, 6.45) is 0. The highest BCUT2D eigenvalue weighted by Gasteiger charge is 2.24. The third-order valence-corrected chi connectivity index (χ3v) is 5.46. The van der Waals surface area contributed by atoms with Crippen LogP contribution >= 0.6 is 22.9 Å². The number of hydrogen-bond acceptors (Lipinski definition) is 5. The largest absolute Gasteiger partial charge is 0.479 e. The first-order chi connectivity index (χ1) is 13.9. The molecule has 9 heteroatoms. The normalized spacial score (nSPS) is 10.4. The van der Waals surface area contributed by atoms with Crippen molar-refractivity contribution in [2.45, 2.75) is 0 Å². The fourth-order valence-electron chi connectivity index (χ4n) is 2.48. The van der Waals surface area contributed by atoms with Crippen molar-refractivity contribution < 1.29 is 29.3 Å². The zero-order valence-corrected chi connectivity index (χ0v) is 16.3. The van der Waals surface area contributed by atoms with Crippen molar-refractivity contribution in [3.63, 3.8) is 0 Å². The van der Waals surface area contributed by atoms with E-state index in [2.05, 4.69) is 5.32 Å². The van der Waals surface area contributed by atoms with Gasteiger partial charge in [0.1, 0.15) is 5.02 Å². The first kappa shape index (κ1) is 20.4. The number of hydrogen-bond donors (Lipinski definition) is 3. The second kappa shape index (κ2) is 8.76. The van der Waals surface area contributed by atoms with Gasteiger partial charge in [-0.3, -0.25) is 4.79 Å². The molecule has 0 spiro atoms. The lowest BCUT2D eigenvalue weighted by atomic mass is 10.1. The summed E-state index contributed by atoms with van der Waals surface area (Å²) in [4.78, 5) is 34.7.